The van der Waals surface area contributed by atoms with E-state index in [1.54, 1.807) is 0 Å². The molecular weight excluding hydrogens is 680 g/mol. The Labute approximate surface area is 256 Å². The van der Waals surface area contributed by atoms with E-state index in [0.29, 0.717) is 0 Å². The van der Waals surface area contributed by atoms with Gasteiger partial charge in [-0.1, -0.05) is 80.6 Å². The van der Waals surface area contributed by atoms with E-state index < -0.39 is 0 Å². The molecule has 0 aliphatic heterocycles. The largest absolute Gasteiger partial charge is 2.00 e. The molecule has 0 unspecified atom stereocenters. The van der Waals surface area contributed by atoms with Crippen LogP contribution in [0.4, 0.5) is 0 Å². The van der Waals surface area contributed by atoms with E-state index in [-0.39, 0.29) is 32.4 Å². The van der Waals surface area contributed by atoms with Gasteiger partial charge < -0.3 is 9.97 Å². The van der Waals surface area contributed by atoms with E-state index in [9.17, 15) is 0 Å². The second-order valence-corrected chi connectivity index (χ2v) is 10.9. The molecule has 41 heavy (non-hydrogen) atoms. The van der Waals surface area contributed by atoms with Crippen LogP contribution in [-0.4, -0.2) is 9.97 Å². The first-order valence-corrected chi connectivity index (χ1v) is 13.7. The van der Waals surface area contributed by atoms with Gasteiger partial charge in [0.25, 0.3) is 0 Å². The van der Waals surface area contributed by atoms with Crippen molar-refractivity contribution >= 4 is 0 Å². The first-order chi connectivity index (χ1) is 19.6. The monoisotopic (exact) mass is 707 g/mol. The molecule has 0 N–H and O–H groups in total. The number of benzene rings is 4. The maximum absolute atomic E-state index is 4.59. The molecule has 0 bridgehead atoms. The minimum absolute atomic E-state index is 0. The van der Waals surface area contributed by atoms with Gasteiger partial charge in [-0.15, -0.1) is 70.8 Å². The van der Waals surface area contributed by atoms with Crippen LogP contribution in [0, 0.1) is 12.1 Å². The van der Waals surface area contributed by atoms with Crippen molar-refractivity contribution in [3.05, 3.63) is 168 Å². The van der Waals surface area contributed by atoms with Crippen LogP contribution in [0.25, 0.3) is 33.6 Å². The summed E-state index contributed by atoms with van der Waals surface area (Å²) in [4.78, 5) is 9.18. The Bertz CT molecular complexity index is 1740. The zero-order chi connectivity index (χ0) is 27.1. The van der Waals surface area contributed by atoms with Crippen LogP contribution in [0.1, 0.15) is 47.6 Å². The average Bonchev–Trinajstić information content (AvgIpc) is 3.25. The Kier molecular flexibility index (Phi) is 7.28. The molecule has 0 atom stereocenters. The number of pyridine rings is 2. The Morgan fingerprint density at radius 1 is 0.561 bits per heavy atom. The van der Waals surface area contributed by atoms with E-state index in [1.807, 2.05) is 48.8 Å². The summed E-state index contributed by atoms with van der Waals surface area (Å²) in [6.45, 7) is 4.66. The van der Waals surface area contributed by atoms with Crippen molar-refractivity contribution in [2.45, 2.75) is 25.2 Å². The summed E-state index contributed by atoms with van der Waals surface area (Å²) in [6, 6.07) is 48.0. The fraction of sp³-hybridized carbons (Fsp3) is 0.105. The second kappa shape index (κ2) is 11.0. The van der Waals surface area contributed by atoms with Crippen LogP contribution >= 0.6 is 0 Å². The molecule has 1 aliphatic carbocycles. The van der Waals surface area contributed by atoms with Crippen molar-refractivity contribution in [3.63, 3.8) is 0 Å². The minimum Gasteiger partial charge on any atom is -0.305 e. The molecule has 3 heteroatoms. The number of hydrogen-bond acceptors (Lipinski definition) is 2. The van der Waals surface area contributed by atoms with Gasteiger partial charge in [0.05, 0.1) is 0 Å². The van der Waals surface area contributed by atoms with Gasteiger partial charge in [-0.05, 0) is 57.3 Å². The van der Waals surface area contributed by atoms with Gasteiger partial charge in [-0.3, -0.25) is 0 Å². The summed E-state index contributed by atoms with van der Waals surface area (Å²) in [7, 11) is 0. The van der Waals surface area contributed by atoms with Crippen molar-refractivity contribution in [3.8, 4) is 33.6 Å². The van der Waals surface area contributed by atoms with Crippen molar-refractivity contribution in [2.24, 2.45) is 0 Å². The minimum atomic E-state index is -0.0778. The van der Waals surface area contributed by atoms with Crippen LogP contribution in [0.15, 0.2) is 128 Å². The predicted molar refractivity (Wildman–Crippen MR) is 162 cm³/mol. The van der Waals surface area contributed by atoms with Gasteiger partial charge in [-0.25, -0.2) is 0 Å². The molecule has 200 valence electrons. The summed E-state index contributed by atoms with van der Waals surface area (Å²) >= 11 is 0. The van der Waals surface area contributed by atoms with Gasteiger partial charge in [0.2, 0.25) is 0 Å². The van der Waals surface area contributed by atoms with Crippen molar-refractivity contribution in [1.29, 1.82) is 0 Å². The Balaban J connectivity index is 0.00000302. The SMILES string of the molecule is CC1(C)c2ccccc2-c2ccc(C(c3[c-]c(-c4ccccn4)ccc3)c3[c-]c(-c4ccccn4)ccc3)cc21.[Pt+2]. The quantitative estimate of drug-likeness (QED) is 0.132. The molecule has 1 aliphatic rings. The zero-order valence-electron chi connectivity index (χ0n) is 22.9. The van der Waals surface area contributed by atoms with Crippen LogP contribution in [0.2, 0.25) is 0 Å². The summed E-state index contributed by atoms with van der Waals surface area (Å²) in [5, 5.41) is 0. The maximum Gasteiger partial charge on any atom is 2.00 e. The molecule has 0 saturated carbocycles. The standard InChI is InChI=1S/C38H28N2.Pt/c1-38(2)33-16-4-3-15-31(33)32-20-19-30(25-34(32)38)37(28-13-9-11-26(23-28)35-17-5-7-21-39-35)29-14-10-12-27(24-29)36-18-6-8-22-40-36;/h3-22,25,37H,1-2H3;/q-2;+2. The first-order valence-electron chi connectivity index (χ1n) is 13.7. The van der Waals surface area contributed by atoms with Crippen molar-refractivity contribution in [2.75, 3.05) is 0 Å². The molecule has 0 saturated heterocycles. The van der Waals surface area contributed by atoms with Crippen LogP contribution in [0.3, 0.4) is 0 Å². The first kappa shape index (κ1) is 27.1. The van der Waals surface area contributed by atoms with Crippen molar-refractivity contribution < 1.29 is 21.1 Å². The van der Waals surface area contributed by atoms with Gasteiger partial charge in [0, 0.05) is 17.8 Å². The van der Waals surface area contributed by atoms with Gasteiger partial charge in [0.15, 0.2) is 0 Å². The second-order valence-electron chi connectivity index (χ2n) is 10.9. The van der Waals surface area contributed by atoms with E-state index in [1.165, 1.54) is 27.8 Å². The smallest absolute Gasteiger partial charge is 0.305 e. The fourth-order valence-electron chi connectivity index (χ4n) is 6.08. The molecule has 6 aromatic rings. The third kappa shape index (κ3) is 4.87. The summed E-state index contributed by atoms with van der Waals surface area (Å²) in [5.41, 5.74) is 12.5. The Hall–Kier alpha value is -4.13. The molecule has 0 radical (unpaired) electrons. The van der Waals surface area contributed by atoms with Gasteiger partial charge in [-0.2, -0.15) is 0 Å². The molecule has 0 fully saturated rings. The number of nitrogens with zero attached hydrogens (tertiary/aromatic N) is 2. The summed E-state index contributed by atoms with van der Waals surface area (Å²) in [6.07, 6.45) is 3.66. The molecular formula is C38H28N2Pt. The molecule has 7 rings (SSSR count). The predicted octanol–water partition coefficient (Wildman–Crippen LogP) is 8.89. The molecule has 0 spiro atoms. The maximum atomic E-state index is 4.59. The summed E-state index contributed by atoms with van der Waals surface area (Å²) < 4.78 is 0. The molecule has 2 aromatic heterocycles. The number of rotatable bonds is 5. The van der Waals surface area contributed by atoms with Crippen LogP contribution in [0.5, 0.6) is 0 Å². The van der Waals surface area contributed by atoms with E-state index in [4.69, 9.17) is 0 Å². The number of hydrogen-bond donors (Lipinski definition) is 0. The third-order valence-electron chi connectivity index (χ3n) is 8.08. The number of aromatic nitrogens is 2. The number of fused-ring (bicyclic) bond motifs is 3. The fourth-order valence-corrected chi connectivity index (χ4v) is 6.08. The van der Waals surface area contributed by atoms with Crippen LogP contribution < -0.4 is 0 Å². The van der Waals surface area contributed by atoms with Gasteiger partial charge in [0.1, 0.15) is 0 Å². The van der Waals surface area contributed by atoms with Crippen LogP contribution in [-0.2, 0) is 26.5 Å². The van der Waals surface area contributed by atoms with E-state index >= 15 is 0 Å². The molecule has 0 amide bonds. The zero-order valence-corrected chi connectivity index (χ0v) is 25.2. The Morgan fingerprint density at radius 3 is 1.71 bits per heavy atom. The average molecular weight is 708 g/mol. The van der Waals surface area contributed by atoms with E-state index in [2.05, 4.69) is 115 Å². The van der Waals surface area contributed by atoms with E-state index in [0.717, 1.165) is 33.6 Å². The Morgan fingerprint density at radius 2 is 1.12 bits per heavy atom. The topological polar surface area (TPSA) is 25.8 Å². The summed E-state index contributed by atoms with van der Waals surface area (Å²) in [5.74, 6) is -0.0582. The van der Waals surface area contributed by atoms with Crippen molar-refractivity contribution in [1.82, 2.24) is 9.97 Å². The normalized spacial score (nSPS) is 12.9. The molecule has 2 heterocycles. The third-order valence-corrected chi connectivity index (χ3v) is 8.08. The molecule has 4 aromatic carbocycles. The molecule has 2 nitrogen and oxygen atoms in total. The van der Waals surface area contributed by atoms with Gasteiger partial charge >= 0.3 is 21.1 Å².